The number of carbonyl (C=O) groups is 1. The summed E-state index contributed by atoms with van der Waals surface area (Å²) in [6.07, 6.45) is -0.969. The molecular formula is C25H35ClN2O4. The first-order chi connectivity index (χ1) is 14.8. The lowest BCUT2D eigenvalue weighted by Crippen LogP contribution is -2.49. The molecule has 2 rings (SSSR count). The van der Waals surface area contributed by atoms with E-state index >= 15 is 0 Å². The van der Waals surface area contributed by atoms with E-state index in [4.69, 9.17) is 16.3 Å². The van der Waals surface area contributed by atoms with Gasteiger partial charge in [-0.1, -0.05) is 36.4 Å². The van der Waals surface area contributed by atoms with E-state index in [1.165, 1.54) is 0 Å². The van der Waals surface area contributed by atoms with Crippen molar-refractivity contribution in [1.29, 1.82) is 0 Å². The Morgan fingerprint density at radius 3 is 2.31 bits per heavy atom. The minimum Gasteiger partial charge on any atom is -0.508 e. The molecule has 1 amide bonds. The molecule has 0 spiro atoms. The van der Waals surface area contributed by atoms with Gasteiger partial charge >= 0.3 is 6.09 Å². The highest BCUT2D eigenvalue weighted by Crippen LogP contribution is 2.31. The van der Waals surface area contributed by atoms with Gasteiger partial charge in [-0.15, -0.1) is 11.6 Å². The molecule has 2 unspecified atom stereocenters. The number of rotatable bonds is 9. The van der Waals surface area contributed by atoms with Crippen LogP contribution in [0, 0.1) is 0 Å². The van der Waals surface area contributed by atoms with Crippen molar-refractivity contribution in [3.63, 3.8) is 0 Å². The van der Waals surface area contributed by atoms with Crippen LogP contribution >= 0.6 is 11.6 Å². The molecule has 0 fully saturated rings. The second-order valence-corrected chi connectivity index (χ2v) is 10.4. The number of phenolic OH excluding ortho intramolecular Hbond substituents is 1. The molecule has 0 radical (unpaired) electrons. The van der Waals surface area contributed by atoms with Crippen LogP contribution in [0.3, 0.4) is 0 Å². The van der Waals surface area contributed by atoms with Gasteiger partial charge < -0.3 is 25.6 Å². The van der Waals surface area contributed by atoms with E-state index in [9.17, 15) is 15.0 Å². The van der Waals surface area contributed by atoms with Crippen LogP contribution in [0.15, 0.2) is 48.5 Å². The smallest absolute Gasteiger partial charge is 0.407 e. The van der Waals surface area contributed by atoms with Gasteiger partial charge in [0, 0.05) is 13.1 Å². The Hall–Kier alpha value is -2.28. The maximum atomic E-state index is 12.3. The van der Waals surface area contributed by atoms with Gasteiger partial charge in [-0.05, 0) is 69.9 Å². The van der Waals surface area contributed by atoms with Gasteiger partial charge in [-0.3, -0.25) is 0 Å². The van der Waals surface area contributed by atoms with E-state index in [1.807, 2.05) is 50.2 Å². The third-order valence-electron chi connectivity index (χ3n) is 4.81. The van der Waals surface area contributed by atoms with Gasteiger partial charge in [-0.2, -0.15) is 0 Å². The van der Waals surface area contributed by atoms with Crippen LogP contribution in [0.25, 0.3) is 0 Å². The van der Waals surface area contributed by atoms with Crippen LogP contribution < -0.4 is 10.6 Å². The largest absolute Gasteiger partial charge is 0.508 e. The number of aliphatic hydroxyl groups is 1. The highest BCUT2D eigenvalue weighted by Gasteiger charge is 2.25. The van der Waals surface area contributed by atoms with Crippen molar-refractivity contribution in [2.45, 2.75) is 70.2 Å². The van der Waals surface area contributed by atoms with Crippen LogP contribution in [0.5, 0.6) is 5.75 Å². The van der Waals surface area contributed by atoms with Crippen LogP contribution in [-0.2, 0) is 22.6 Å². The zero-order chi connectivity index (χ0) is 23.9. The van der Waals surface area contributed by atoms with Crippen molar-refractivity contribution in [3.8, 4) is 5.75 Å². The zero-order valence-electron chi connectivity index (χ0n) is 19.5. The number of amides is 1. The van der Waals surface area contributed by atoms with Crippen molar-refractivity contribution in [1.82, 2.24) is 10.6 Å². The summed E-state index contributed by atoms with van der Waals surface area (Å²) < 4.78 is 5.37. The summed E-state index contributed by atoms with van der Waals surface area (Å²) in [5, 5.41) is 26.8. The minimum atomic E-state index is -0.857. The van der Waals surface area contributed by atoms with Crippen molar-refractivity contribution < 1.29 is 19.7 Å². The molecule has 2 atom stereocenters. The molecule has 0 aliphatic heterocycles. The lowest BCUT2D eigenvalue weighted by Gasteiger charge is -2.27. The average Bonchev–Trinajstić information content (AvgIpc) is 2.65. The van der Waals surface area contributed by atoms with E-state index in [2.05, 4.69) is 10.6 Å². The highest BCUT2D eigenvalue weighted by atomic mass is 35.5. The Balaban J connectivity index is 2.03. The first kappa shape index (κ1) is 26.0. The summed E-state index contributed by atoms with van der Waals surface area (Å²) in [4.78, 5) is 11.7. The first-order valence-corrected chi connectivity index (χ1v) is 11.2. The number of benzene rings is 2. The Morgan fingerprint density at radius 1 is 1.06 bits per heavy atom. The number of ether oxygens (including phenoxy) is 1. The molecule has 32 heavy (non-hydrogen) atoms. The fraction of sp³-hybridized carbons (Fsp3) is 0.480. The topological polar surface area (TPSA) is 90.8 Å². The maximum Gasteiger partial charge on any atom is 0.407 e. The molecule has 7 heteroatoms. The molecular weight excluding hydrogens is 428 g/mol. The number of alkyl carbamates (subject to hydrolysis) is 1. The molecule has 0 aromatic heterocycles. The highest BCUT2D eigenvalue weighted by molar-refractivity contribution is 6.23. The SMILES string of the molecule is CC(C)(C)OC(=O)NC(Cc1ccccc1)C(O)CNCc1cc(O)cc(C(C)(C)Cl)c1. The second-order valence-electron chi connectivity index (χ2n) is 9.50. The average molecular weight is 463 g/mol. The van der Waals surface area contributed by atoms with Crippen molar-refractivity contribution in [2.24, 2.45) is 0 Å². The Bertz CT molecular complexity index is 876. The summed E-state index contributed by atoms with van der Waals surface area (Å²) in [6.45, 7) is 9.77. The molecule has 0 aliphatic rings. The molecule has 4 N–H and O–H groups in total. The summed E-state index contributed by atoms with van der Waals surface area (Å²) >= 11 is 6.38. The number of phenols is 1. The Morgan fingerprint density at radius 2 is 1.72 bits per heavy atom. The fourth-order valence-electron chi connectivity index (χ4n) is 3.24. The molecule has 0 aliphatic carbocycles. The van der Waals surface area contributed by atoms with Crippen LogP contribution in [0.1, 0.15) is 51.3 Å². The molecule has 0 saturated heterocycles. The molecule has 0 heterocycles. The number of hydrogen-bond acceptors (Lipinski definition) is 5. The lowest BCUT2D eigenvalue weighted by molar-refractivity contribution is 0.0422. The first-order valence-electron chi connectivity index (χ1n) is 10.8. The summed E-state index contributed by atoms with van der Waals surface area (Å²) in [5.41, 5.74) is 2.02. The van der Waals surface area contributed by atoms with E-state index in [0.717, 1.165) is 16.7 Å². The number of aliphatic hydroxyl groups excluding tert-OH is 1. The molecule has 2 aromatic carbocycles. The third-order valence-corrected chi connectivity index (χ3v) is 5.03. The van der Waals surface area contributed by atoms with Crippen molar-refractivity contribution >= 4 is 17.7 Å². The normalized spacial score (nSPS) is 14.0. The number of hydrogen-bond donors (Lipinski definition) is 4. The lowest BCUT2D eigenvalue weighted by atomic mass is 9.99. The predicted octanol–water partition coefficient (Wildman–Crippen LogP) is 4.45. The number of nitrogens with one attached hydrogen (secondary N) is 2. The van der Waals surface area contributed by atoms with Gasteiger partial charge in [0.2, 0.25) is 0 Å². The molecule has 0 bridgehead atoms. The Labute approximate surface area is 195 Å². The fourth-order valence-corrected chi connectivity index (χ4v) is 3.35. The van der Waals surface area contributed by atoms with Gasteiger partial charge in [0.25, 0.3) is 0 Å². The summed E-state index contributed by atoms with van der Waals surface area (Å²) in [5.74, 6) is 0.141. The van der Waals surface area contributed by atoms with E-state index in [1.54, 1.807) is 32.9 Å². The Kier molecular flexibility index (Phi) is 8.96. The van der Waals surface area contributed by atoms with Gasteiger partial charge in [0.1, 0.15) is 11.4 Å². The van der Waals surface area contributed by atoms with Crippen molar-refractivity contribution in [3.05, 3.63) is 65.2 Å². The molecule has 2 aromatic rings. The van der Waals surface area contributed by atoms with E-state index in [0.29, 0.717) is 13.0 Å². The molecule has 6 nitrogen and oxygen atoms in total. The van der Waals surface area contributed by atoms with Crippen LogP contribution in [-0.4, -0.2) is 40.6 Å². The van der Waals surface area contributed by atoms with Crippen molar-refractivity contribution in [2.75, 3.05) is 6.54 Å². The zero-order valence-corrected chi connectivity index (χ0v) is 20.2. The van der Waals surface area contributed by atoms with Gasteiger partial charge in [0.15, 0.2) is 0 Å². The minimum absolute atomic E-state index is 0.141. The monoisotopic (exact) mass is 462 g/mol. The second kappa shape index (κ2) is 11.0. The summed E-state index contributed by atoms with van der Waals surface area (Å²) in [6, 6.07) is 14.3. The number of alkyl halides is 1. The quantitative estimate of drug-likeness (QED) is 0.413. The molecule has 176 valence electrons. The van der Waals surface area contributed by atoms with Gasteiger partial charge in [-0.25, -0.2) is 4.79 Å². The van der Waals surface area contributed by atoms with E-state index in [-0.39, 0.29) is 12.3 Å². The van der Waals surface area contributed by atoms with E-state index < -0.39 is 28.7 Å². The number of halogens is 1. The third kappa shape index (κ3) is 9.07. The molecule has 0 saturated carbocycles. The van der Waals surface area contributed by atoms with Crippen LogP contribution in [0.4, 0.5) is 4.79 Å². The number of aromatic hydroxyl groups is 1. The maximum absolute atomic E-state index is 12.3. The van der Waals surface area contributed by atoms with Crippen LogP contribution in [0.2, 0.25) is 0 Å². The summed E-state index contributed by atoms with van der Waals surface area (Å²) in [7, 11) is 0. The predicted molar refractivity (Wildman–Crippen MR) is 128 cm³/mol. The number of carbonyl (C=O) groups excluding carboxylic acids is 1. The van der Waals surface area contributed by atoms with Gasteiger partial charge in [0.05, 0.1) is 17.0 Å². The standard InChI is InChI=1S/C25H35ClN2O4/c1-24(2,3)32-23(31)28-21(13-17-9-7-6-8-10-17)22(30)16-27-15-18-11-19(25(4,5)26)14-20(29)12-18/h6-12,14,21-22,27,29-30H,13,15-16H2,1-5H3,(H,28,31).